The molecule has 0 atom stereocenters. The van der Waals surface area contributed by atoms with Gasteiger partial charge in [-0.15, -0.1) is 0 Å². The SMILES string of the molecule is COC(=O)C=Cc1ccc2c(c1)C(=O)CC1(CCN(CCc3cccc(OC)c3)CC1)O2. The Labute approximate surface area is 188 Å². The van der Waals surface area contributed by atoms with Crippen molar-refractivity contribution in [1.29, 1.82) is 0 Å². The van der Waals surface area contributed by atoms with Gasteiger partial charge in [-0.3, -0.25) is 4.79 Å². The Morgan fingerprint density at radius 2 is 1.97 bits per heavy atom. The van der Waals surface area contributed by atoms with Crippen LogP contribution >= 0.6 is 0 Å². The lowest BCUT2D eigenvalue weighted by Crippen LogP contribution is -2.51. The Morgan fingerprint density at radius 3 is 2.72 bits per heavy atom. The average molecular weight is 436 g/mol. The highest BCUT2D eigenvalue weighted by molar-refractivity contribution is 6.01. The third-order valence-corrected chi connectivity index (χ3v) is 6.34. The molecule has 4 rings (SSSR count). The summed E-state index contributed by atoms with van der Waals surface area (Å²) in [5.41, 5.74) is 2.21. The number of benzene rings is 2. The smallest absolute Gasteiger partial charge is 0.330 e. The number of fused-ring (bicyclic) bond motifs is 1. The second-order valence-electron chi connectivity index (χ2n) is 8.44. The highest BCUT2D eigenvalue weighted by atomic mass is 16.5. The van der Waals surface area contributed by atoms with E-state index >= 15 is 0 Å². The topological polar surface area (TPSA) is 65.1 Å². The van der Waals surface area contributed by atoms with Crippen molar-refractivity contribution >= 4 is 17.8 Å². The first-order valence-corrected chi connectivity index (χ1v) is 11.0. The van der Waals surface area contributed by atoms with E-state index in [9.17, 15) is 9.59 Å². The van der Waals surface area contributed by atoms with Crippen LogP contribution in [0, 0.1) is 0 Å². The Balaban J connectivity index is 1.36. The largest absolute Gasteiger partial charge is 0.497 e. The summed E-state index contributed by atoms with van der Waals surface area (Å²) < 4.78 is 16.3. The molecule has 2 aromatic carbocycles. The number of hydrogen-bond acceptors (Lipinski definition) is 6. The molecular weight excluding hydrogens is 406 g/mol. The van der Waals surface area contributed by atoms with E-state index in [1.165, 1.54) is 18.7 Å². The standard InChI is InChI=1S/C26H29NO5/c1-30-21-5-3-4-19(16-21)10-13-27-14-11-26(12-15-27)18-23(28)22-17-20(6-8-24(22)32-26)7-9-25(29)31-2/h3-9,16-17H,10-15,18H2,1-2H3. The maximum Gasteiger partial charge on any atom is 0.330 e. The number of hydrogen-bond donors (Lipinski definition) is 0. The summed E-state index contributed by atoms with van der Waals surface area (Å²) >= 11 is 0. The second kappa shape index (κ2) is 9.57. The van der Waals surface area contributed by atoms with Gasteiger partial charge in [-0.25, -0.2) is 4.79 Å². The number of Topliss-reactive ketones (excluding diaryl/α,β-unsaturated/α-hetero) is 1. The average Bonchev–Trinajstić information content (AvgIpc) is 2.82. The molecule has 2 aromatic rings. The van der Waals surface area contributed by atoms with Gasteiger partial charge in [-0.05, 0) is 47.9 Å². The number of piperidine rings is 1. The number of ketones is 1. The van der Waals surface area contributed by atoms with Crippen molar-refractivity contribution in [3.8, 4) is 11.5 Å². The quantitative estimate of drug-likeness (QED) is 0.506. The Hall–Kier alpha value is -3.12. The number of likely N-dealkylation sites (tertiary alicyclic amines) is 1. The van der Waals surface area contributed by atoms with Gasteiger partial charge in [-0.2, -0.15) is 0 Å². The number of rotatable bonds is 6. The van der Waals surface area contributed by atoms with E-state index in [1.807, 2.05) is 24.3 Å². The molecule has 32 heavy (non-hydrogen) atoms. The van der Waals surface area contributed by atoms with E-state index in [2.05, 4.69) is 21.8 Å². The minimum absolute atomic E-state index is 0.101. The van der Waals surface area contributed by atoms with Crippen LogP contribution in [0.5, 0.6) is 11.5 Å². The molecule has 0 saturated carbocycles. The molecule has 6 nitrogen and oxygen atoms in total. The molecule has 1 fully saturated rings. The molecule has 2 aliphatic rings. The first-order valence-electron chi connectivity index (χ1n) is 11.0. The predicted octanol–water partition coefficient (Wildman–Crippen LogP) is 3.92. The van der Waals surface area contributed by atoms with Crippen molar-refractivity contribution in [2.75, 3.05) is 33.9 Å². The van der Waals surface area contributed by atoms with E-state index in [4.69, 9.17) is 9.47 Å². The molecule has 0 amide bonds. The number of esters is 1. The highest BCUT2D eigenvalue weighted by Gasteiger charge is 2.42. The molecule has 0 radical (unpaired) electrons. The molecule has 0 aliphatic carbocycles. The van der Waals surface area contributed by atoms with E-state index in [1.54, 1.807) is 19.3 Å². The van der Waals surface area contributed by atoms with Crippen LogP contribution < -0.4 is 9.47 Å². The van der Waals surface area contributed by atoms with Gasteiger partial charge in [0.25, 0.3) is 0 Å². The lowest BCUT2D eigenvalue weighted by molar-refractivity contribution is -0.134. The van der Waals surface area contributed by atoms with Crippen LogP contribution in [-0.2, 0) is 16.0 Å². The van der Waals surface area contributed by atoms with Crippen LogP contribution in [0.1, 0.15) is 40.7 Å². The van der Waals surface area contributed by atoms with Crippen LogP contribution in [-0.4, -0.2) is 56.1 Å². The van der Waals surface area contributed by atoms with Crippen LogP contribution in [0.4, 0.5) is 0 Å². The van der Waals surface area contributed by atoms with Crippen LogP contribution in [0.2, 0.25) is 0 Å². The predicted molar refractivity (Wildman–Crippen MR) is 122 cm³/mol. The number of nitrogens with zero attached hydrogens (tertiary/aromatic N) is 1. The molecule has 0 bridgehead atoms. The van der Waals surface area contributed by atoms with Crippen LogP contribution in [0.3, 0.4) is 0 Å². The Kier molecular flexibility index (Phi) is 6.61. The zero-order chi connectivity index (χ0) is 22.6. The summed E-state index contributed by atoms with van der Waals surface area (Å²) in [4.78, 5) is 26.7. The van der Waals surface area contributed by atoms with Crippen molar-refractivity contribution in [3.05, 3.63) is 65.2 Å². The monoisotopic (exact) mass is 435 g/mol. The zero-order valence-corrected chi connectivity index (χ0v) is 18.6. The van der Waals surface area contributed by atoms with Crippen LogP contribution in [0.15, 0.2) is 48.5 Å². The maximum atomic E-state index is 12.9. The number of carbonyl (C=O) groups is 2. The van der Waals surface area contributed by atoms with Gasteiger partial charge < -0.3 is 19.1 Å². The third-order valence-electron chi connectivity index (χ3n) is 6.34. The van der Waals surface area contributed by atoms with Crippen molar-refractivity contribution in [2.45, 2.75) is 31.3 Å². The molecule has 0 aromatic heterocycles. The molecule has 1 spiro atoms. The van der Waals surface area contributed by atoms with E-state index in [0.717, 1.165) is 50.2 Å². The fourth-order valence-electron chi connectivity index (χ4n) is 4.43. The molecule has 0 unspecified atom stereocenters. The van der Waals surface area contributed by atoms with Crippen molar-refractivity contribution < 1.29 is 23.8 Å². The molecule has 168 valence electrons. The Bertz CT molecular complexity index is 1020. The molecule has 1 saturated heterocycles. The zero-order valence-electron chi connectivity index (χ0n) is 18.6. The Morgan fingerprint density at radius 1 is 1.16 bits per heavy atom. The highest BCUT2D eigenvalue weighted by Crippen LogP contribution is 2.39. The van der Waals surface area contributed by atoms with Gasteiger partial charge in [-0.1, -0.05) is 18.2 Å². The van der Waals surface area contributed by atoms with Crippen molar-refractivity contribution in [2.24, 2.45) is 0 Å². The second-order valence-corrected chi connectivity index (χ2v) is 8.44. The van der Waals surface area contributed by atoms with Crippen molar-refractivity contribution in [3.63, 3.8) is 0 Å². The van der Waals surface area contributed by atoms with Crippen molar-refractivity contribution in [1.82, 2.24) is 4.90 Å². The van der Waals surface area contributed by atoms with Gasteiger partial charge in [0.1, 0.15) is 17.1 Å². The lowest BCUT2D eigenvalue weighted by atomic mass is 9.82. The minimum Gasteiger partial charge on any atom is -0.497 e. The van der Waals surface area contributed by atoms with Gasteiger partial charge in [0.2, 0.25) is 0 Å². The summed E-state index contributed by atoms with van der Waals surface area (Å²) in [7, 11) is 3.02. The van der Waals surface area contributed by atoms with E-state index in [-0.39, 0.29) is 5.78 Å². The van der Waals surface area contributed by atoms with Gasteiger partial charge in [0.15, 0.2) is 5.78 Å². The fourth-order valence-corrected chi connectivity index (χ4v) is 4.43. The number of ether oxygens (including phenoxy) is 3. The summed E-state index contributed by atoms with van der Waals surface area (Å²) in [5, 5.41) is 0. The van der Waals surface area contributed by atoms with E-state index < -0.39 is 11.6 Å². The summed E-state index contributed by atoms with van der Waals surface area (Å²) in [6, 6.07) is 13.7. The third kappa shape index (κ3) is 5.02. The van der Waals surface area contributed by atoms with Gasteiger partial charge in [0.05, 0.1) is 26.2 Å². The lowest BCUT2D eigenvalue weighted by Gasteiger charge is -2.44. The molecule has 0 N–H and O–H groups in total. The first kappa shape index (κ1) is 22.1. The molecule has 2 heterocycles. The summed E-state index contributed by atoms with van der Waals surface area (Å²) in [6.07, 6.45) is 6.02. The first-order chi connectivity index (χ1) is 15.5. The van der Waals surface area contributed by atoms with Gasteiger partial charge >= 0.3 is 5.97 Å². The summed E-state index contributed by atoms with van der Waals surface area (Å²) in [5.74, 6) is 1.20. The minimum atomic E-state index is -0.428. The normalized spacial score (nSPS) is 17.8. The molecule has 2 aliphatic heterocycles. The summed E-state index contributed by atoms with van der Waals surface area (Å²) in [6.45, 7) is 2.79. The molecule has 6 heteroatoms. The fraction of sp³-hybridized carbons (Fsp3) is 0.385. The van der Waals surface area contributed by atoms with Crippen LogP contribution in [0.25, 0.3) is 6.08 Å². The maximum absolute atomic E-state index is 12.9. The van der Waals surface area contributed by atoms with Gasteiger partial charge in [0, 0.05) is 38.6 Å². The number of carbonyl (C=O) groups excluding carboxylic acids is 2. The molecular formula is C26H29NO5. The van der Waals surface area contributed by atoms with E-state index in [0.29, 0.717) is 17.7 Å². The number of methoxy groups -OCH3 is 2.